The van der Waals surface area contributed by atoms with E-state index >= 15 is 0 Å². The lowest BCUT2D eigenvalue weighted by Crippen LogP contribution is -2.24. The number of anilines is 3. The Morgan fingerprint density at radius 2 is 0.839 bits per heavy atom. The molecule has 0 bridgehead atoms. The van der Waals surface area contributed by atoms with Crippen LogP contribution in [-0.4, -0.2) is 148 Å². The molecule has 4 aliphatic heterocycles. The number of carbonyl (C=O) groups is 6. The number of para-hydroxylation sites is 2. The average molecular weight is 1580 g/mol. The van der Waals surface area contributed by atoms with Crippen LogP contribution in [-0.2, 0) is 14.4 Å². The highest BCUT2D eigenvalue weighted by molar-refractivity contribution is 6.37. The molecular formula is C97H104N14O7. The van der Waals surface area contributed by atoms with Crippen molar-refractivity contribution in [3.05, 3.63) is 260 Å². The minimum atomic E-state index is -0.176. The Kier molecular flexibility index (Phi) is 25.4. The molecule has 0 aliphatic carbocycles. The molecule has 6 aromatic carbocycles. The second kappa shape index (κ2) is 36.6. The van der Waals surface area contributed by atoms with E-state index in [4.69, 9.17) is 4.42 Å². The highest BCUT2D eigenvalue weighted by atomic mass is 16.4. The van der Waals surface area contributed by atoms with Gasteiger partial charge in [0.2, 0.25) is 5.89 Å². The van der Waals surface area contributed by atoms with Crippen molar-refractivity contribution in [2.24, 2.45) is 0 Å². The summed E-state index contributed by atoms with van der Waals surface area (Å²) in [5.41, 5.74) is 24.5. The van der Waals surface area contributed by atoms with Crippen molar-refractivity contribution in [2.45, 2.75) is 128 Å². The third kappa shape index (κ3) is 17.7. The predicted octanol–water partition coefficient (Wildman–Crippen LogP) is 19.4. The van der Waals surface area contributed by atoms with Gasteiger partial charge in [0.05, 0.1) is 57.6 Å². The van der Waals surface area contributed by atoms with Crippen molar-refractivity contribution in [1.82, 2.24) is 54.2 Å². The van der Waals surface area contributed by atoms with Gasteiger partial charge in [-0.25, -0.2) is 14.3 Å². The number of likely N-dealkylation sites (tertiary alicyclic amines) is 1. The molecule has 3 amide bonds. The molecule has 21 nitrogen and oxygen atoms in total. The third-order valence-electron chi connectivity index (χ3n) is 23.1. The largest absolute Gasteiger partial charge is 0.436 e. The van der Waals surface area contributed by atoms with E-state index in [1.807, 2.05) is 234 Å². The average Bonchev–Trinajstić information content (AvgIpc) is 1.63. The number of fused-ring (bicyclic) bond motifs is 3. The number of aromatic nitrogens is 8. The molecule has 12 aromatic rings. The number of amides is 3. The molecule has 604 valence electrons. The summed E-state index contributed by atoms with van der Waals surface area (Å²) in [6.07, 6.45) is 15.8. The zero-order valence-corrected chi connectivity index (χ0v) is 69.4. The Hall–Kier alpha value is -12.7. The van der Waals surface area contributed by atoms with E-state index in [1.54, 1.807) is 12.4 Å². The molecule has 0 radical (unpaired) electrons. The number of aryl methyl sites for hydroxylation is 4. The van der Waals surface area contributed by atoms with Crippen molar-refractivity contribution in [3.63, 3.8) is 0 Å². The van der Waals surface area contributed by atoms with Crippen LogP contribution in [0.25, 0.3) is 91.6 Å². The summed E-state index contributed by atoms with van der Waals surface area (Å²) in [7, 11) is 0. The lowest BCUT2D eigenvalue weighted by Gasteiger charge is -2.17. The minimum absolute atomic E-state index is 0.140. The first-order chi connectivity index (χ1) is 57.2. The highest BCUT2D eigenvalue weighted by Gasteiger charge is 2.32. The summed E-state index contributed by atoms with van der Waals surface area (Å²) in [5.74, 6) is 1.21. The van der Waals surface area contributed by atoms with Gasteiger partial charge < -0.3 is 50.0 Å². The summed E-state index contributed by atoms with van der Waals surface area (Å²) >= 11 is 0. The van der Waals surface area contributed by atoms with E-state index in [0.29, 0.717) is 47.6 Å². The second-order valence-electron chi connectivity index (χ2n) is 30.7. The molecule has 10 heterocycles. The maximum atomic E-state index is 13.2. The van der Waals surface area contributed by atoms with Crippen LogP contribution in [0.5, 0.6) is 0 Å². The fourth-order valence-corrected chi connectivity index (χ4v) is 16.7. The number of benzene rings is 6. The molecular weight excluding hydrogens is 1470 g/mol. The van der Waals surface area contributed by atoms with Gasteiger partial charge in [-0.05, 0) is 253 Å². The van der Waals surface area contributed by atoms with Crippen LogP contribution < -0.4 is 16.0 Å². The second-order valence-corrected chi connectivity index (χ2v) is 30.7. The number of ketones is 3. The summed E-state index contributed by atoms with van der Waals surface area (Å²) in [6.45, 7) is 31.2. The van der Waals surface area contributed by atoms with Crippen molar-refractivity contribution in [3.8, 4) is 56.7 Å². The van der Waals surface area contributed by atoms with Crippen molar-refractivity contribution >= 4 is 87.1 Å². The number of hydrogen-bond acceptors (Lipinski definition) is 13. The topological polar surface area (TPSA) is 257 Å². The van der Waals surface area contributed by atoms with Crippen LogP contribution in [0.3, 0.4) is 0 Å². The van der Waals surface area contributed by atoms with Crippen LogP contribution in [0, 0.1) is 48.5 Å². The van der Waals surface area contributed by atoms with Gasteiger partial charge in [0.1, 0.15) is 0 Å². The van der Waals surface area contributed by atoms with Crippen LogP contribution in [0.15, 0.2) is 175 Å². The minimum Gasteiger partial charge on any atom is -0.436 e. The van der Waals surface area contributed by atoms with Gasteiger partial charge in [0.25, 0.3) is 17.7 Å². The van der Waals surface area contributed by atoms with Crippen LogP contribution in [0.4, 0.5) is 17.1 Å². The molecule has 0 saturated carbocycles. The number of nitrogens with one attached hydrogen (secondary N) is 6. The van der Waals surface area contributed by atoms with Gasteiger partial charge in [-0.2, -0.15) is 10.2 Å². The molecule has 1 fully saturated rings. The van der Waals surface area contributed by atoms with Gasteiger partial charge in [0, 0.05) is 126 Å². The molecule has 4 aliphatic rings. The Labute approximate surface area is 689 Å². The first-order valence-electron chi connectivity index (χ1n) is 41.3. The van der Waals surface area contributed by atoms with Crippen LogP contribution in [0.2, 0.25) is 0 Å². The van der Waals surface area contributed by atoms with Gasteiger partial charge in [-0.3, -0.25) is 28.8 Å². The summed E-state index contributed by atoms with van der Waals surface area (Å²) in [4.78, 5) is 100. The molecule has 6 N–H and O–H groups in total. The van der Waals surface area contributed by atoms with Gasteiger partial charge in [0.15, 0.2) is 23.1 Å². The molecule has 118 heavy (non-hydrogen) atoms. The van der Waals surface area contributed by atoms with Gasteiger partial charge in [-0.15, -0.1) is 0 Å². The first kappa shape index (κ1) is 81.9. The normalized spacial score (nSPS) is 14.6. The lowest BCUT2D eigenvalue weighted by molar-refractivity contribution is -0.111. The number of nitrogens with zero attached hydrogens (tertiary/aromatic N) is 8. The molecule has 0 unspecified atom stereocenters. The molecule has 0 spiro atoms. The Morgan fingerprint density at radius 3 is 1.27 bits per heavy atom. The van der Waals surface area contributed by atoms with E-state index in [1.165, 1.54) is 12.8 Å². The highest BCUT2D eigenvalue weighted by Crippen LogP contribution is 2.42. The zero-order chi connectivity index (χ0) is 82.8. The number of Topliss-reactive ketones (excluding diaryl/α,β-unsaturated/α-hetero) is 3. The standard InChI is InChI=1S/C33H36N4O3.C32H33N5O2.C32H35N5O2/c1-6-37(7-2)17-11-14-29(38)30-20(3)27(34-21(30)4)19-26-25-16-15-24(18-28(25)36-32(26)39)31-22(5)35-33(40-31)23-12-9-8-10-13-23;1-21-28(34-22(2)31(21)30(38)11-8-18-36-16-6-7-17-36)20-26-25-19-23(12-13-27(25)35-32(26)39)29-14-15-33-37(29)24-9-4-3-5-10-24;1-5-36(6-2)18-10-13-30(38)31-21(3)28(34-22(31)4)20-26-25-19-23(14-15-27(25)35-32(26)39)29-16-17-33-37(29)24-11-8-7-9-12-24/h8-10,12-13,15-16,18-19,34H,6-7,11,14,17H2,1-5H3,(H,36,39);3-5,9-10,12-15,19-20,34H,6-8,11,16-18H2,1-2H3,(H,35,39);7-9,11-12,14-17,19-20,34H,5-6,10,13,18H2,1-4H3,(H,35,39)/b26-19-;2*26-20-. The summed E-state index contributed by atoms with van der Waals surface area (Å²) in [6, 6.07) is 51.4. The molecule has 1 saturated heterocycles. The Balaban J connectivity index is 0.000000145. The number of oxazole rings is 1. The van der Waals surface area contributed by atoms with E-state index in [-0.39, 0.29) is 35.1 Å². The predicted molar refractivity (Wildman–Crippen MR) is 472 cm³/mol. The van der Waals surface area contributed by atoms with Crippen molar-refractivity contribution in [1.29, 1.82) is 0 Å². The maximum Gasteiger partial charge on any atom is 0.256 e. The molecule has 0 atom stereocenters. The number of rotatable bonds is 28. The van der Waals surface area contributed by atoms with Crippen molar-refractivity contribution in [2.75, 3.05) is 74.9 Å². The Bertz CT molecular complexity index is 5600. The smallest absolute Gasteiger partial charge is 0.256 e. The number of carbonyl (C=O) groups excluding carboxylic acids is 6. The number of aromatic amines is 3. The number of hydrogen-bond donors (Lipinski definition) is 6. The maximum absolute atomic E-state index is 13.2. The van der Waals surface area contributed by atoms with E-state index in [9.17, 15) is 28.8 Å². The van der Waals surface area contributed by atoms with E-state index in [2.05, 4.69) is 88.5 Å². The molecule has 21 heteroatoms. The number of H-pyrrole nitrogens is 3. The van der Waals surface area contributed by atoms with Crippen molar-refractivity contribution < 1.29 is 33.2 Å². The SMILES string of the molecule is CCN(CC)CCCC(=O)c1c(C)[nH]c(/C=C2\C(=O)Nc3cc(-c4oc(-c5ccccc5)nc4C)ccc32)c1C.CCN(CC)CCCC(=O)c1c(C)[nH]c(/C=C2\C(=O)Nc3ccc(-c4ccnn4-c4ccccc4)cc32)c1C.Cc1[nH]c(/C=C2\C(=O)Nc3ccc(-c4ccnn4-c4ccccc4)cc32)c(C)c1C(=O)CCCN1CCCC1. The third-order valence-corrected chi connectivity index (χ3v) is 23.1. The Morgan fingerprint density at radius 1 is 0.441 bits per heavy atom. The monoisotopic (exact) mass is 1580 g/mol. The fourth-order valence-electron chi connectivity index (χ4n) is 16.7. The summed E-state index contributed by atoms with van der Waals surface area (Å²) < 4.78 is 9.92. The fraction of sp³-hybridized carbons (Fsp3) is 0.289. The van der Waals surface area contributed by atoms with Crippen LogP contribution >= 0.6 is 0 Å². The first-order valence-corrected chi connectivity index (χ1v) is 41.3. The quantitative estimate of drug-likeness (QED) is 0.0197. The van der Waals surface area contributed by atoms with E-state index < -0.39 is 0 Å². The molecule has 6 aromatic heterocycles. The van der Waals surface area contributed by atoms with E-state index in [0.717, 1.165) is 230 Å². The molecule has 16 rings (SSSR count). The van der Waals surface area contributed by atoms with Gasteiger partial charge >= 0.3 is 0 Å². The summed E-state index contributed by atoms with van der Waals surface area (Å²) in [5, 5.41) is 18.0. The zero-order valence-electron chi connectivity index (χ0n) is 69.4. The lowest BCUT2D eigenvalue weighted by atomic mass is 9.99. The van der Waals surface area contributed by atoms with Crippen LogP contribution in [0.1, 0.15) is 183 Å². The van der Waals surface area contributed by atoms with Gasteiger partial charge in [-0.1, -0.05) is 107 Å².